The quantitative estimate of drug-likeness (QED) is 0.344. The molecule has 6 nitrogen and oxygen atoms in total. The summed E-state index contributed by atoms with van der Waals surface area (Å²) in [5.41, 5.74) is 1.17. The molecule has 2 aromatic carbocycles. The Bertz CT molecular complexity index is 795. The highest BCUT2D eigenvalue weighted by Gasteiger charge is 2.39. The number of hydrogen-bond donors (Lipinski definition) is 0. The minimum atomic E-state index is -1.22. The second-order valence-corrected chi connectivity index (χ2v) is 6.35. The number of rotatable bonds is 10. The average molecular weight is 398 g/mol. The summed E-state index contributed by atoms with van der Waals surface area (Å²) in [7, 11) is 1.55. The number of esters is 2. The molecule has 0 amide bonds. The molecule has 0 N–H and O–H groups in total. The number of carbonyl (C=O) groups excluding carboxylic acids is 3. The van der Waals surface area contributed by atoms with Crippen molar-refractivity contribution in [3.63, 3.8) is 0 Å². The Balaban J connectivity index is 2.39. The third kappa shape index (κ3) is 5.91. The van der Waals surface area contributed by atoms with Gasteiger partial charge in [-0.05, 0) is 43.7 Å². The van der Waals surface area contributed by atoms with Gasteiger partial charge >= 0.3 is 11.9 Å². The fraction of sp³-hybridized carbons (Fsp3) is 0.348. The summed E-state index contributed by atoms with van der Waals surface area (Å²) < 4.78 is 15.4. The monoisotopic (exact) mass is 398 g/mol. The van der Waals surface area contributed by atoms with Crippen LogP contribution in [0.25, 0.3) is 0 Å². The van der Waals surface area contributed by atoms with Gasteiger partial charge in [-0.3, -0.25) is 14.4 Å². The summed E-state index contributed by atoms with van der Waals surface area (Å²) in [5, 5.41) is 0. The van der Waals surface area contributed by atoms with Gasteiger partial charge in [0.2, 0.25) is 0 Å². The molecule has 0 unspecified atom stereocenters. The fourth-order valence-corrected chi connectivity index (χ4v) is 3.11. The van der Waals surface area contributed by atoms with E-state index in [2.05, 4.69) is 0 Å². The second-order valence-electron chi connectivity index (χ2n) is 6.35. The van der Waals surface area contributed by atoms with Crippen molar-refractivity contribution >= 4 is 17.7 Å². The Labute approximate surface area is 170 Å². The van der Waals surface area contributed by atoms with Gasteiger partial charge < -0.3 is 14.2 Å². The van der Waals surface area contributed by atoms with Gasteiger partial charge in [0.25, 0.3) is 0 Å². The van der Waals surface area contributed by atoms with E-state index in [0.717, 1.165) is 0 Å². The molecule has 0 fully saturated rings. The van der Waals surface area contributed by atoms with Gasteiger partial charge in [0.05, 0.1) is 20.3 Å². The first-order chi connectivity index (χ1) is 14.0. The van der Waals surface area contributed by atoms with Crippen LogP contribution in [0.1, 0.15) is 42.1 Å². The molecule has 154 valence electrons. The lowest BCUT2D eigenvalue weighted by atomic mass is 9.81. The van der Waals surface area contributed by atoms with Crippen LogP contribution >= 0.6 is 0 Å². The van der Waals surface area contributed by atoms with Gasteiger partial charge in [0, 0.05) is 17.9 Å². The first-order valence-corrected chi connectivity index (χ1v) is 9.57. The number of ketones is 1. The van der Waals surface area contributed by atoms with E-state index in [-0.39, 0.29) is 25.4 Å². The molecule has 0 radical (unpaired) electrons. The van der Waals surface area contributed by atoms with E-state index in [9.17, 15) is 14.4 Å². The Morgan fingerprint density at radius 2 is 1.38 bits per heavy atom. The minimum Gasteiger partial charge on any atom is -0.497 e. The molecular formula is C23H26O6. The summed E-state index contributed by atoms with van der Waals surface area (Å²) in [6, 6.07) is 15.7. The van der Waals surface area contributed by atoms with Crippen molar-refractivity contribution in [2.24, 2.45) is 5.92 Å². The summed E-state index contributed by atoms with van der Waals surface area (Å²) in [6.07, 6.45) is -0.0430. The van der Waals surface area contributed by atoms with Crippen LogP contribution in [0, 0.1) is 5.92 Å². The number of methoxy groups -OCH3 is 1. The van der Waals surface area contributed by atoms with Crippen LogP contribution in [-0.4, -0.2) is 38.0 Å². The normalized spacial score (nSPS) is 11.6. The van der Waals surface area contributed by atoms with E-state index in [4.69, 9.17) is 14.2 Å². The average Bonchev–Trinajstić information content (AvgIpc) is 2.74. The summed E-state index contributed by atoms with van der Waals surface area (Å²) in [4.78, 5) is 38.2. The molecule has 0 heterocycles. The molecule has 0 aliphatic carbocycles. The molecule has 2 rings (SSSR count). The Morgan fingerprint density at radius 3 is 1.86 bits per heavy atom. The molecule has 6 heteroatoms. The third-order valence-electron chi connectivity index (χ3n) is 4.53. The first-order valence-electron chi connectivity index (χ1n) is 9.57. The zero-order chi connectivity index (χ0) is 21.2. The largest absolute Gasteiger partial charge is 0.497 e. The van der Waals surface area contributed by atoms with E-state index >= 15 is 0 Å². The molecule has 0 spiro atoms. The van der Waals surface area contributed by atoms with Crippen LogP contribution in [0.4, 0.5) is 0 Å². The van der Waals surface area contributed by atoms with Crippen molar-refractivity contribution in [2.75, 3.05) is 20.3 Å². The van der Waals surface area contributed by atoms with Crippen LogP contribution in [0.2, 0.25) is 0 Å². The molecule has 0 aromatic heterocycles. The van der Waals surface area contributed by atoms with E-state index in [0.29, 0.717) is 16.9 Å². The zero-order valence-electron chi connectivity index (χ0n) is 16.9. The maximum absolute atomic E-state index is 12.9. The molecule has 0 saturated carbocycles. The molecule has 29 heavy (non-hydrogen) atoms. The Hall–Kier alpha value is -3.15. The molecule has 2 aromatic rings. The maximum atomic E-state index is 12.9. The smallest absolute Gasteiger partial charge is 0.320 e. The standard InChI is InChI=1S/C23H26O6/c1-4-28-22(25)21(23(26)29-5-2)19(16-9-7-6-8-10-16)15-20(24)17-11-13-18(27-3)14-12-17/h6-14,19,21H,4-5,15H2,1-3H3/t19-/m0/s1. The Morgan fingerprint density at radius 1 is 0.828 bits per heavy atom. The molecule has 0 bridgehead atoms. The van der Waals surface area contributed by atoms with Gasteiger partial charge in [0.1, 0.15) is 5.75 Å². The van der Waals surface area contributed by atoms with Gasteiger partial charge in [-0.1, -0.05) is 30.3 Å². The van der Waals surface area contributed by atoms with Gasteiger partial charge in [-0.25, -0.2) is 0 Å². The highest BCUT2D eigenvalue weighted by atomic mass is 16.6. The highest BCUT2D eigenvalue weighted by Crippen LogP contribution is 2.32. The van der Waals surface area contributed by atoms with Crippen molar-refractivity contribution in [3.05, 3.63) is 65.7 Å². The van der Waals surface area contributed by atoms with Gasteiger partial charge in [0.15, 0.2) is 11.7 Å². The van der Waals surface area contributed by atoms with Crippen LogP contribution in [0.3, 0.4) is 0 Å². The number of hydrogen-bond acceptors (Lipinski definition) is 6. The second kappa shape index (κ2) is 11.0. The number of ether oxygens (including phenoxy) is 3. The predicted octanol–water partition coefficient (Wildman–Crippen LogP) is 3.79. The predicted molar refractivity (Wildman–Crippen MR) is 108 cm³/mol. The fourth-order valence-electron chi connectivity index (χ4n) is 3.11. The topological polar surface area (TPSA) is 78.9 Å². The van der Waals surface area contributed by atoms with Crippen molar-refractivity contribution in [1.82, 2.24) is 0 Å². The van der Waals surface area contributed by atoms with E-state index in [1.165, 1.54) is 0 Å². The lowest BCUT2D eigenvalue weighted by molar-refractivity contribution is -0.162. The van der Waals surface area contributed by atoms with Crippen LogP contribution < -0.4 is 4.74 Å². The molecule has 0 aliphatic rings. The summed E-state index contributed by atoms with van der Waals surface area (Å²) in [5.74, 6) is -2.87. The molecule has 0 aliphatic heterocycles. The lowest BCUT2D eigenvalue weighted by Gasteiger charge is -2.24. The van der Waals surface area contributed by atoms with Gasteiger partial charge in [-0.15, -0.1) is 0 Å². The van der Waals surface area contributed by atoms with E-state index in [1.807, 2.05) is 6.07 Å². The SMILES string of the molecule is CCOC(=O)C(C(=O)OCC)[C@@H](CC(=O)c1ccc(OC)cc1)c1ccccc1. The molecule has 1 atom stereocenters. The van der Waals surface area contributed by atoms with Crippen molar-refractivity contribution in [1.29, 1.82) is 0 Å². The van der Waals surface area contributed by atoms with Gasteiger partial charge in [-0.2, -0.15) is 0 Å². The van der Waals surface area contributed by atoms with E-state index < -0.39 is 23.8 Å². The van der Waals surface area contributed by atoms with Crippen LogP contribution in [-0.2, 0) is 19.1 Å². The van der Waals surface area contributed by atoms with Crippen LogP contribution in [0.5, 0.6) is 5.75 Å². The van der Waals surface area contributed by atoms with E-state index in [1.54, 1.807) is 69.5 Å². The summed E-state index contributed by atoms with van der Waals surface area (Å²) >= 11 is 0. The number of carbonyl (C=O) groups is 3. The minimum absolute atomic E-state index is 0.0430. The first kappa shape index (κ1) is 22.1. The Kier molecular flexibility index (Phi) is 8.40. The maximum Gasteiger partial charge on any atom is 0.320 e. The molecular weight excluding hydrogens is 372 g/mol. The van der Waals surface area contributed by atoms with Crippen LogP contribution in [0.15, 0.2) is 54.6 Å². The van der Waals surface area contributed by atoms with Crippen molar-refractivity contribution < 1.29 is 28.6 Å². The third-order valence-corrected chi connectivity index (χ3v) is 4.53. The number of Topliss-reactive ketones (excluding diaryl/α,β-unsaturated/α-hetero) is 1. The van der Waals surface area contributed by atoms with Crippen molar-refractivity contribution in [2.45, 2.75) is 26.2 Å². The summed E-state index contributed by atoms with van der Waals surface area (Å²) in [6.45, 7) is 3.59. The zero-order valence-corrected chi connectivity index (χ0v) is 16.9. The lowest BCUT2D eigenvalue weighted by Crippen LogP contribution is -2.34. The van der Waals surface area contributed by atoms with Crippen molar-refractivity contribution in [3.8, 4) is 5.75 Å². The molecule has 0 saturated heterocycles. The highest BCUT2D eigenvalue weighted by molar-refractivity contribution is 6.00. The number of benzene rings is 2.